The number of rotatable bonds is 6. The summed E-state index contributed by atoms with van der Waals surface area (Å²) in [5, 5.41) is 0. The smallest absolute Gasteiger partial charge is 0.407 e. The zero-order valence-corrected chi connectivity index (χ0v) is 12.3. The summed E-state index contributed by atoms with van der Waals surface area (Å²) >= 11 is 5.02. The summed E-state index contributed by atoms with van der Waals surface area (Å²) < 4.78 is 14.0. The van der Waals surface area contributed by atoms with E-state index in [1.54, 1.807) is 20.8 Å². The first-order chi connectivity index (χ1) is 8.68. The van der Waals surface area contributed by atoms with Crippen molar-refractivity contribution in [3.05, 3.63) is 0 Å². The number of unbranched alkanes of at least 4 members (excludes halogenated alkanes) is 1. The highest BCUT2D eigenvalue weighted by Crippen LogP contribution is 2.17. The van der Waals surface area contributed by atoms with Gasteiger partial charge in [-0.2, -0.15) is 0 Å². The molecular weight excluding hydrogens is 276 g/mol. The second kappa shape index (κ2) is 7.99. The minimum atomic E-state index is -1.77. The molecule has 0 bridgehead atoms. The fourth-order valence-electron chi connectivity index (χ4n) is 0.864. The van der Waals surface area contributed by atoms with Gasteiger partial charge in [0.05, 0.1) is 12.0 Å². The Kier molecular flexibility index (Phi) is 7.44. The molecule has 0 aromatic heterocycles. The molecule has 0 spiro atoms. The van der Waals surface area contributed by atoms with Gasteiger partial charge in [0.25, 0.3) is 0 Å². The minimum Gasteiger partial charge on any atom is -0.460 e. The zero-order chi connectivity index (χ0) is 15.1. The summed E-state index contributed by atoms with van der Waals surface area (Å²) in [5.74, 6) is -1.66. The van der Waals surface area contributed by atoms with E-state index in [-0.39, 0.29) is 6.61 Å². The molecule has 1 unspecified atom stereocenters. The van der Waals surface area contributed by atoms with Crippen molar-refractivity contribution < 1.29 is 28.6 Å². The summed E-state index contributed by atoms with van der Waals surface area (Å²) in [6.45, 7) is 6.86. The lowest BCUT2D eigenvalue weighted by molar-refractivity contribution is -0.194. The lowest BCUT2D eigenvalue weighted by Crippen LogP contribution is -2.36. The van der Waals surface area contributed by atoms with Crippen molar-refractivity contribution in [3.63, 3.8) is 0 Å². The Morgan fingerprint density at radius 1 is 1.16 bits per heavy atom. The average molecular weight is 295 g/mol. The predicted octanol–water partition coefficient (Wildman–Crippen LogP) is 2.62. The van der Waals surface area contributed by atoms with Crippen LogP contribution in [0.15, 0.2) is 0 Å². The van der Waals surface area contributed by atoms with Crippen molar-refractivity contribution in [2.75, 3.05) is 6.61 Å². The van der Waals surface area contributed by atoms with Crippen molar-refractivity contribution >= 4 is 29.0 Å². The molecule has 0 amide bonds. The van der Waals surface area contributed by atoms with Crippen LogP contribution in [0.4, 0.5) is 4.79 Å². The molecule has 0 rings (SSSR count). The molecule has 1 atom stereocenters. The Balaban J connectivity index is 4.58. The van der Waals surface area contributed by atoms with Crippen LogP contribution in [0.5, 0.6) is 0 Å². The molecular formula is C12H19ClO6. The summed E-state index contributed by atoms with van der Waals surface area (Å²) in [5.41, 5.74) is -2.10. The van der Waals surface area contributed by atoms with Crippen LogP contribution >= 0.6 is 11.6 Å². The van der Waals surface area contributed by atoms with E-state index >= 15 is 0 Å². The Morgan fingerprint density at radius 2 is 1.74 bits per heavy atom. The van der Waals surface area contributed by atoms with Crippen LogP contribution < -0.4 is 0 Å². The molecule has 0 saturated heterocycles. The normalized spacial score (nSPS) is 12.5. The Labute approximate surface area is 117 Å². The van der Waals surface area contributed by atoms with Crippen LogP contribution in [0.1, 0.15) is 40.5 Å². The first-order valence-electron chi connectivity index (χ1n) is 5.92. The molecule has 7 heteroatoms. The van der Waals surface area contributed by atoms with Gasteiger partial charge >= 0.3 is 23.7 Å². The molecule has 110 valence electrons. The van der Waals surface area contributed by atoms with E-state index in [1.807, 2.05) is 6.92 Å². The Bertz CT molecular complexity index is 334. The van der Waals surface area contributed by atoms with Crippen LogP contribution in [0, 0.1) is 5.41 Å². The fraction of sp³-hybridized carbons (Fsp3) is 0.750. The maximum Gasteiger partial charge on any atom is 0.407 e. The molecule has 0 heterocycles. The van der Waals surface area contributed by atoms with Crippen LogP contribution in [0.25, 0.3) is 0 Å². The number of hydrogen-bond acceptors (Lipinski definition) is 6. The van der Waals surface area contributed by atoms with Crippen molar-refractivity contribution in [3.8, 4) is 0 Å². The summed E-state index contributed by atoms with van der Waals surface area (Å²) in [6, 6.07) is 0. The number of esters is 2. The van der Waals surface area contributed by atoms with E-state index in [2.05, 4.69) is 4.74 Å². The lowest BCUT2D eigenvalue weighted by atomic mass is 9.97. The Hall–Kier alpha value is -1.30. The third-order valence-electron chi connectivity index (χ3n) is 1.96. The molecule has 0 aliphatic rings. The highest BCUT2D eigenvalue weighted by molar-refractivity contribution is 6.61. The van der Waals surface area contributed by atoms with Gasteiger partial charge in [-0.3, -0.25) is 4.79 Å². The van der Waals surface area contributed by atoms with E-state index < -0.39 is 29.1 Å². The van der Waals surface area contributed by atoms with Crippen molar-refractivity contribution in [1.29, 1.82) is 0 Å². The van der Waals surface area contributed by atoms with Gasteiger partial charge in [-0.05, 0) is 27.2 Å². The molecule has 0 radical (unpaired) electrons. The molecule has 0 aromatic rings. The maximum atomic E-state index is 11.6. The fourth-order valence-corrected chi connectivity index (χ4v) is 0.944. The number of carbonyl (C=O) groups is 3. The third kappa shape index (κ3) is 7.66. The molecule has 0 N–H and O–H groups in total. The summed E-state index contributed by atoms with van der Waals surface area (Å²) in [6.07, 6.45) is -0.288. The first-order valence-corrected chi connectivity index (χ1v) is 6.30. The highest BCUT2D eigenvalue weighted by atomic mass is 35.5. The van der Waals surface area contributed by atoms with Gasteiger partial charge in [-0.1, -0.05) is 13.3 Å². The second-order valence-corrected chi connectivity index (χ2v) is 5.17. The molecule has 6 nitrogen and oxygen atoms in total. The summed E-state index contributed by atoms with van der Waals surface area (Å²) in [4.78, 5) is 33.9. The van der Waals surface area contributed by atoms with E-state index in [4.69, 9.17) is 21.1 Å². The number of carbonyl (C=O) groups excluding carboxylic acids is 3. The van der Waals surface area contributed by atoms with Gasteiger partial charge in [0, 0.05) is 11.6 Å². The molecule has 0 saturated carbocycles. The highest BCUT2D eigenvalue weighted by Gasteiger charge is 2.33. The first kappa shape index (κ1) is 17.7. The summed E-state index contributed by atoms with van der Waals surface area (Å²) in [7, 11) is 0. The van der Waals surface area contributed by atoms with Crippen LogP contribution in [-0.2, 0) is 23.8 Å². The van der Waals surface area contributed by atoms with Crippen LogP contribution in [0.2, 0.25) is 0 Å². The standard InChI is InChI=1S/C12H19ClO6/c1-5-6-7-17-8(14)9(19-11(13)16)18-10(15)12(2,3)4/h9H,5-7H2,1-4H3. The number of halogens is 1. The van der Waals surface area contributed by atoms with E-state index in [9.17, 15) is 14.4 Å². The van der Waals surface area contributed by atoms with E-state index in [0.29, 0.717) is 6.42 Å². The van der Waals surface area contributed by atoms with Gasteiger partial charge < -0.3 is 14.2 Å². The zero-order valence-electron chi connectivity index (χ0n) is 11.5. The average Bonchev–Trinajstić information content (AvgIpc) is 2.26. The predicted molar refractivity (Wildman–Crippen MR) is 67.5 cm³/mol. The van der Waals surface area contributed by atoms with Gasteiger partial charge in [-0.25, -0.2) is 9.59 Å². The quantitative estimate of drug-likeness (QED) is 0.324. The van der Waals surface area contributed by atoms with Crippen LogP contribution in [0.3, 0.4) is 0 Å². The van der Waals surface area contributed by atoms with E-state index in [1.165, 1.54) is 0 Å². The lowest BCUT2D eigenvalue weighted by Gasteiger charge is -2.21. The second-order valence-electron chi connectivity index (χ2n) is 4.86. The van der Waals surface area contributed by atoms with Gasteiger partial charge in [0.2, 0.25) is 0 Å². The third-order valence-corrected chi connectivity index (χ3v) is 2.05. The van der Waals surface area contributed by atoms with Gasteiger partial charge in [0.1, 0.15) is 0 Å². The maximum absolute atomic E-state index is 11.6. The number of ether oxygens (including phenoxy) is 3. The van der Waals surface area contributed by atoms with E-state index in [0.717, 1.165) is 6.42 Å². The monoisotopic (exact) mass is 294 g/mol. The minimum absolute atomic E-state index is 0.152. The molecule has 0 aliphatic heterocycles. The Morgan fingerprint density at radius 3 is 2.16 bits per heavy atom. The van der Waals surface area contributed by atoms with Gasteiger partial charge in [0.15, 0.2) is 0 Å². The van der Waals surface area contributed by atoms with Crippen molar-refractivity contribution in [2.45, 2.75) is 46.8 Å². The molecule has 0 fully saturated rings. The molecule has 0 aliphatic carbocycles. The molecule has 0 aromatic carbocycles. The van der Waals surface area contributed by atoms with Gasteiger partial charge in [-0.15, -0.1) is 0 Å². The van der Waals surface area contributed by atoms with Crippen LogP contribution in [-0.4, -0.2) is 30.3 Å². The molecule has 19 heavy (non-hydrogen) atoms. The van der Waals surface area contributed by atoms with Crippen molar-refractivity contribution in [1.82, 2.24) is 0 Å². The van der Waals surface area contributed by atoms with Crippen molar-refractivity contribution in [2.24, 2.45) is 5.41 Å². The SMILES string of the molecule is CCCCOC(=O)C(OC(=O)Cl)OC(=O)C(C)(C)C. The number of hydrogen-bond donors (Lipinski definition) is 0. The largest absolute Gasteiger partial charge is 0.460 e. The topological polar surface area (TPSA) is 78.9 Å².